The average molecular weight is 329 g/mol. The minimum absolute atomic E-state index is 0.0565. The monoisotopic (exact) mass is 329 g/mol. The lowest BCUT2D eigenvalue weighted by Gasteiger charge is -2.32. The number of ether oxygens (including phenoxy) is 1. The molecule has 1 saturated heterocycles. The summed E-state index contributed by atoms with van der Waals surface area (Å²) in [4.78, 5) is 23.3. The Balaban J connectivity index is 1.50. The van der Waals surface area contributed by atoms with Crippen LogP contribution in [-0.2, 0) is 4.79 Å². The van der Waals surface area contributed by atoms with Gasteiger partial charge in [-0.25, -0.2) is 0 Å². The summed E-state index contributed by atoms with van der Waals surface area (Å²) in [5.41, 5.74) is 0. The third-order valence-electron chi connectivity index (χ3n) is 3.70. The fraction of sp³-hybridized carbons (Fsp3) is 0.353. The summed E-state index contributed by atoms with van der Waals surface area (Å²) in [6, 6.07) is 7.53. The molecule has 3 heterocycles. The van der Waals surface area contributed by atoms with Gasteiger partial charge >= 0.3 is 0 Å². The van der Waals surface area contributed by atoms with Crippen molar-refractivity contribution >= 4 is 17.7 Å². The number of amides is 1. The Morgan fingerprint density at radius 2 is 1.87 bits per heavy atom. The number of hydrogen-bond acceptors (Lipinski definition) is 5. The number of nitrogens with zero attached hydrogens (tertiary/aromatic N) is 3. The molecule has 0 radical (unpaired) electrons. The van der Waals surface area contributed by atoms with Gasteiger partial charge in [-0.3, -0.25) is 14.8 Å². The summed E-state index contributed by atoms with van der Waals surface area (Å²) >= 11 is 1.55. The summed E-state index contributed by atoms with van der Waals surface area (Å²) < 4.78 is 5.95. The summed E-state index contributed by atoms with van der Waals surface area (Å²) in [5.74, 6) is 1.42. The van der Waals surface area contributed by atoms with Crippen LogP contribution in [-0.4, -0.2) is 45.7 Å². The minimum atomic E-state index is 0.0565. The van der Waals surface area contributed by atoms with Crippen LogP contribution in [0.1, 0.15) is 12.8 Å². The zero-order valence-electron chi connectivity index (χ0n) is 12.8. The first-order chi connectivity index (χ1) is 11.3. The third kappa shape index (κ3) is 4.69. The third-order valence-corrected chi connectivity index (χ3v) is 4.69. The summed E-state index contributed by atoms with van der Waals surface area (Å²) in [6.45, 7) is 1.46. The van der Waals surface area contributed by atoms with E-state index >= 15 is 0 Å². The number of thioether (sulfide) groups is 1. The second kappa shape index (κ2) is 7.97. The van der Waals surface area contributed by atoms with Crippen LogP contribution in [0, 0.1) is 0 Å². The Morgan fingerprint density at radius 1 is 1.17 bits per heavy atom. The van der Waals surface area contributed by atoms with Gasteiger partial charge in [0, 0.05) is 36.2 Å². The molecule has 2 aromatic heterocycles. The summed E-state index contributed by atoms with van der Waals surface area (Å²) in [5, 5.41) is 0. The van der Waals surface area contributed by atoms with Crippen molar-refractivity contribution in [2.45, 2.75) is 23.8 Å². The average Bonchev–Trinajstić information content (AvgIpc) is 2.62. The van der Waals surface area contributed by atoms with E-state index in [1.807, 2.05) is 29.2 Å². The van der Waals surface area contributed by atoms with E-state index in [4.69, 9.17) is 4.74 Å². The summed E-state index contributed by atoms with van der Waals surface area (Å²) in [7, 11) is 0. The SMILES string of the molecule is O=C(CSc1ccncc1)N1CCC[C@H](Oc2ccncc2)C1. The van der Waals surface area contributed by atoms with Gasteiger partial charge in [-0.05, 0) is 37.1 Å². The number of pyridine rings is 2. The lowest BCUT2D eigenvalue weighted by Crippen LogP contribution is -2.45. The number of rotatable bonds is 5. The zero-order chi connectivity index (χ0) is 15.9. The molecule has 6 heteroatoms. The molecule has 0 N–H and O–H groups in total. The van der Waals surface area contributed by atoms with Gasteiger partial charge in [0.25, 0.3) is 0 Å². The van der Waals surface area contributed by atoms with Gasteiger partial charge in [0.05, 0.1) is 12.3 Å². The molecule has 3 rings (SSSR count). The first kappa shape index (κ1) is 15.8. The number of likely N-dealkylation sites (tertiary alicyclic amines) is 1. The quantitative estimate of drug-likeness (QED) is 0.789. The highest BCUT2D eigenvalue weighted by molar-refractivity contribution is 8.00. The van der Waals surface area contributed by atoms with E-state index in [9.17, 15) is 4.79 Å². The zero-order valence-corrected chi connectivity index (χ0v) is 13.6. The van der Waals surface area contributed by atoms with Crippen LogP contribution in [0.3, 0.4) is 0 Å². The van der Waals surface area contributed by atoms with Gasteiger partial charge in [-0.15, -0.1) is 11.8 Å². The maximum atomic E-state index is 12.4. The highest BCUT2D eigenvalue weighted by Gasteiger charge is 2.24. The highest BCUT2D eigenvalue weighted by atomic mass is 32.2. The maximum Gasteiger partial charge on any atom is 0.233 e. The van der Waals surface area contributed by atoms with E-state index in [0.717, 1.165) is 30.0 Å². The second-order valence-electron chi connectivity index (χ2n) is 5.38. The molecule has 1 atom stereocenters. The van der Waals surface area contributed by atoms with Gasteiger partial charge in [0.2, 0.25) is 5.91 Å². The molecule has 0 saturated carbocycles. The minimum Gasteiger partial charge on any atom is -0.488 e. The normalized spacial score (nSPS) is 17.7. The van der Waals surface area contributed by atoms with Crippen LogP contribution < -0.4 is 4.74 Å². The fourth-order valence-electron chi connectivity index (χ4n) is 2.54. The van der Waals surface area contributed by atoms with Crippen molar-refractivity contribution in [2.75, 3.05) is 18.8 Å². The molecule has 1 amide bonds. The maximum absolute atomic E-state index is 12.4. The molecular weight excluding hydrogens is 310 g/mol. The Hall–Kier alpha value is -2.08. The standard InChI is InChI=1S/C17H19N3O2S/c21-17(13-23-16-5-9-19-10-6-16)20-11-1-2-15(12-20)22-14-3-7-18-8-4-14/h3-10,15H,1-2,11-13H2/t15-/m0/s1. The van der Waals surface area contributed by atoms with E-state index in [0.29, 0.717) is 12.3 Å². The molecule has 5 nitrogen and oxygen atoms in total. The van der Waals surface area contributed by atoms with Crippen molar-refractivity contribution < 1.29 is 9.53 Å². The molecule has 2 aromatic rings. The molecule has 1 fully saturated rings. The number of piperidine rings is 1. The van der Waals surface area contributed by atoms with E-state index in [-0.39, 0.29) is 12.0 Å². The number of aromatic nitrogens is 2. The van der Waals surface area contributed by atoms with Crippen molar-refractivity contribution in [2.24, 2.45) is 0 Å². The van der Waals surface area contributed by atoms with Crippen molar-refractivity contribution in [1.82, 2.24) is 14.9 Å². The smallest absolute Gasteiger partial charge is 0.233 e. The van der Waals surface area contributed by atoms with Gasteiger partial charge in [-0.2, -0.15) is 0 Å². The lowest BCUT2D eigenvalue weighted by molar-refractivity contribution is -0.130. The van der Waals surface area contributed by atoms with Gasteiger partial charge in [-0.1, -0.05) is 0 Å². The van der Waals surface area contributed by atoms with E-state index in [1.165, 1.54) is 0 Å². The summed E-state index contributed by atoms with van der Waals surface area (Å²) in [6.07, 6.45) is 8.92. The van der Waals surface area contributed by atoms with Crippen molar-refractivity contribution in [3.8, 4) is 5.75 Å². The molecule has 1 aliphatic heterocycles. The topological polar surface area (TPSA) is 55.3 Å². The van der Waals surface area contributed by atoms with E-state index in [1.54, 1.807) is 36.5 Å². The molecule has 0 spiro atoms. The van der Waals surface area contributed by atoms with E-state index < -0.39 is 0 Å². The van der Waals surface area contributed by atoms with Crippen LogP contribution in [0.15, 0.2) is 53.9 Å². The Morgan fingerprint density at radius 3 is 2.61 bits per heavy atom. The lowest BCUT2D eigenvalue weighted by atomic mass is 10.1. The molecule has 0 aromatic carbocycles. The molecule has 23 heavy (non-hydrogen) atoms. The number of hydrogen-bond donors (Lipinski definition) is 0. The van der Waals surface area contributed by atoms with Crippen molar-refractivity contribution in [1.29, 1.82) is 0 Å². The number of carbonyl (C=O) groups excluding carboxylic acids is 1. The van der Waals surface area contributed by atoms with Gasteiger partial charge in [0.1, 0.15) is 11.9 Å². The van der Waals surface area contributed by atoms with Crippen molar-refractivity contribution in [3.63, 3.8) is 0 Å². The van der Waals surface area contributed by atoms with Crippen LogP contribution in [0.25, 0.3) is 0 Å². The van der Waals surface area contributed by atoms with Crippen LogP contribution in [0.2, 0.25) is 0 Å². The van der Waals surface area contributed by atoms with E-state index in [2.05, 4.69) is 9.97 Å². The first-order valence-electron chi connectivity index (χ1n) is 7.68. The molecule has 0 unspecified atom stereocenters. The van der Waals surface area contributed by atoms with Gasteiger partial charge < -0.3 is 9.64 Å². The van der Waals surface area contributed by atoms with Gasteiger partial charge in [0.15, 0.2) is 0 Å². The molecule has 120 valence electrons. The van der Waals surface area contributed by atoms with Crippen LogP contribution in [0.5, 0.6) is 5.75 Å². The second-order valence-corrected chi connectivity index (χ2v) is 6.43. The molecule has 1 aliphatic rings. The Kier molecular flexibility index (Phi) is 5.47. The Labute approximate surface area is 140 Å². The molecule has 0 bridgehead atoms. The Bertz CT molecular complexity index is 624. The van der Waals surface area contributed by atoms with Crippen LogP contribution >= 0.6 is 11.8 Å². The predicted octanol–water partition coefficient (Wildman–Crippen LogP) is 2.64. The van der Waals surface area contributed by atoms with Crippen molar-refractivity contribution in [3.05, 3.63) is 49.1 Å². The fourth-order valence-corrected chi connectivity index (χ4v) is 3.33. The largest absolute Gasteiger partial charge is 0.488 e. The molecule has 0 aliphatic carbocycles. The molecular formula is C17H19N3O2S. The predicted molar refractivity (Wildman–Crippen MR) is 89.4 cm³/mol. The highest BCUT2D eigenvalue weighted by Crippen LogP contribution is 2.20. The number of carbonyl (C=O) groups is 1. The first-order valence-corrected chi connectivity index (χ1v) is 8.67. The van der Waals surface area contributed by atoms with Crippen LogP contribution in [0.4, 0.5) is 0 Å².